The minimum atomic E-state index is 0.0500. The zero-order valence-corrected chi connectivity index (χ0v) is 15.8. The molecule has 2 aliphatic rings. The summed E-state index contributed by atoms with van der Waals surface area (Å²) in [4.78, 5) is 0. The molecule has 0 radical (unpaired) electrons. The maximum atomic E-state index is 6.65. The van der Waals surface area contributed by atoms with Gasteiger partial charge in [-0.3, -0.25) is 0 Å². The Morgan fingerprint density at radius 1 is 1.00 bits per heavy atom. The zero-order valence-electron chi connectivity index (χ0n) is 15.8. The number of rotatable bonds is 2. The van der Waals surface area contributed by atoms with Crippen LogP contribution in [0.3, 0.4) is 0 Å². The van der Waals surface area contributed by atoms with Gasteiger partial charge in [0.05, 0.1) is 12.2 Å². The first-order chi connectivity index (χ1) is 12.1. The van der Waals surface area contributed by atoms with E-state index in [1.807, 2.05) is 0 Å². The van der Waals surface area contributed by atoms with Crippen molar-refractivity contribution < 1.29 is 4.74 Å². The van der Waals surface area contributed by atoms with Crippen LogP contribution in [0.1, 0.15) is 71.8 Å². The SMILES string of the molecule is Cc1cc(C)c(C)c(C2COC3(CCCCC3c3ccccc3)C2)c1. The molecule has 0 amide bonds. The lowest BCUT2D eigenvalue weighted by Crippen LogP contribution is -2.38. The average Bonchev–Trinajstić information content (AvgIpc) is 3.03. The molecule has 0 N–H and O–H groups in total. The van der Waals surface area contributed by atoms with Gasteiger partial charge < -0.3 is 4.74 Å². The third-order valence-electron chi connectivity index (χ3n) is 6.64. The van der Waals surface area contributed by atoms with Gasteiger partial charge in [-0.25, -0.2) is 0 Å². The maximum Gasteiger partial charge on any atom is 0.0757 e. The van der Waals surface area contributed by atoms with Crippen molar-refractivity contribution in [2.75, 3.05) is 6.61 Å². The van der Waals surface area contributed by atoms with Crippen LogP contribution >= 0.6 is 0 Å². The first kappa shape index (κ1) is 16.8. The summed E-state index contributed by atoms with van der Waals surface area (Å²) in [6, 6.07) is 15.8. The molecule has 1 nitrogen and oxygen atoms in total. The van der Waals surface area contributed by atoms with E-state index in [2.05, 4.69) is 63.2 Å². The summed E-state index contributed by atoms with van der Waals surface area (Å²) in [6.45, 7) is 7.62. The Morgan fingerprint density at radius 2 is 1.80 bits per heavy atom. The molecule has 1 aliphatic carbocycles. The lowest BCUT2D eigenvalue weighted by atomic mass is 9.69. The summed E-state index contributed by atoms with van der Waals surface area (Å²) in [5.74, 6) is 1.10. The number of aryl methyl sites for hydroxylation is 2. The van der Waals surface area contributed by atoms with E-state index < -0.39 is 0 Å². The molecule has 2 aromatic carbocycles. The van der Waals surface area contributed by atoms with Gasteiger partial charge in [-0.05, 0) is 62.3 Å². The second-order valence-electron chi connectivity index (χ2n) is 8.28. The van der Waals surface area contributed by atoms with E-state index >= 15 is 0 Å². The van der Waals surface area contributed by atoms with Crippen LogP contribution < -0.4 is 0 Å². The van der Waals surface area contributed by atoms with Crippen molar-refractivity contribution in [2.24, 2.45) is 0 Å². The fourth-order valence-electron chi connectivity index (χ4n) is 5.28. The van der Waals surface area contributed by atoms with Crippen LogP contribution in [0.15, 0.2) is 42.5 Å². The van der Waals surface area contributed by atoms with Crippen LogP contribution in [0.5, 0.6) is 0 Å². The third-order valence-corrected chi connectivity index (χ3v) is 6.64. The summed E-state index contributed by atoms with van der Waals surface area (Å²) in [7, 11) is 0. The highest BCUT2D eigenvalue weighted by Crippen LogP contribution is 2.52. The molecule has 2 aromatic rings. The topological polar surface area (TPSA) is 9.23 Å². The van der Waals surface area contributed by atoms with E-state index in [-0.39, 0.29) is 5.60 Å². The molecule has 3 unspecified atom stereocenters. The van der Waals surface area contributed by atoms with Crippen molar-refractivity contribution >= 4 is 0 Å². The van der Waals surface area contributed by atoms with Crippen molar-refractivity contribution in [1.82, 2.24) is 0 Å². The highest BCUT2D eigenvalue weighted by Gasteiger charge is 2.48. The molecule has 3 atom stereocenters. The fourth-order valence-corrected chi connectivity index (χ4v) is 5.28. The summed E-state index contributed by atoms with van der Waals surface area (Å²) < 4.78 is 6.65. The summed E-state index contributed by atoms with van der Waals surface area (Å²) in [5, 5.41) is 0. The van der Waals surface area contributed by atoms with Crippen molar-refractivity contribution in [3.8, 4) is 0 Å². The largest absolute Gasteiger partial charge is 0.374 e. The quantitative estimate of drug-likeness (QED) is 0.634. The minimum absolute atomic E-state index is 0.0500. The van der Waals surface area contributed by atoms with E-state index in [1.54, 1.807) is 0 Å². The van der Waals surface area contributed by atoms with Gasteiger partial charge in [0.15, 0.2) is 0 Å². The third kappa shape index (κ3) is 3.04. The van der Waals surface area contributed by atoms with Crippen LogP contribution in [-0.2, 0) is 4.74 Å². The van der Waals surface area contributed by atoms with E-state index in [0.717, 1.165) is 6.61 Å². The Bertz CT molecular complexity index is 748. The number of hydrogen-bond acceptors (Lipinski definition) is 1. The van der Waals surface area contributed by atoms with Gasteiger partial charge in [0.25, 0.3) is 0 Å². The first-order valence-electron chi connectivity index (χ1n) is 9.86. The minimum Gasteiger partial charge on any atom is -0.374 e. The van der Waals surface area contributed by atoms with Gasteiger partial charge in [0, 0.05) is 11.8 Å². The number of ether oxygens (including phenoxy) is 1. The Labute approximate surface area is 152 Å². The van der Waals surface area contributed by atoms with Crippen LogP contribution in [0.2, 0.25) is 0 Å². The van der Waals surface area contributed by atoms with E-state index in [4.69, 9.17) is 4.74 Å². The predicted molar refractivity (Wildman–Crippen MR) is 104 cm³/mol. The van der Waals surface area contributed by atoms with Gasteiger partial charge in [-0.15, -0.1) is 0 Å². The summed E-state index contributed by atoms with van der Waals surface area (Å²) in [6.07, 6.45) is 6.30. The smallest absolute Gasteiger partial charge is 0.0757 e. The van der Waals surface area contributed by atoms with Gasteiger partial charge >= 0.3 is 0 Å². The highest BCUT2D eigenvalue weighted by atomic mass is 16.5. The molecule has 1 heterocycles. The molecule has 1 saturated carbocycles. The fraction of sp³-hybridized carbons (Fsp3) is 0.500. The molecule has 1 spiro atoms. The molecule has 2 fully saturated rings. The molecule has 4 rings (SSSR count). The molecule has 0 aromatic heterocycles. The molecular weight excluding hydrogens is 304 g/mol. The number of benzene rings is 2. The molecule has 0 bridgehead atoms. The van der Waals surface area contributed by atoms with Gasteiger partial charge in [-0.1, -0.05) is 60.9 Å². The molecule has 1 saturated heterocycles. The lowest BCUT2D eigenvalue weighted by Gasteiger charge is -2.41. The van der Waals surface area contributed by atoms with Crippen molar-refractivity contribution in [1.29, 1.82) is 0 Å². The average molecular weight is 335 g/mol. The van der Waals surface area contributed by atoms with Gasteiger partial charge in [-0.2, -0.15) is 0 Å². The second kappa shape index (κ2) is 6.61. The Morgan fingerprint density at radius 3 is 2.60 bits per heavy atom. The van der Waals surface area contributed by atoms with E-state index in [1.165, 1.54) is 59.9 Å². The van der Waals surface area contributed by atoms with Crippen LogP contribution in [-0.4, -0.2) is 12.2 Å². The molecule has 25 heavy (non-hydrogen) atoms. The van der Waals surface area contributed by atoms with Gasteiger partial charge in [0.2, 0.25) is 0 Å². The molecule has 132 valence electrons. The van der Waals surface area contributed by atoms with Crippen LogP contribution in [0.25, 0.3) is 0 Å². The maximum absolute atomic E-state index is 6.65. The van der Waals surface area contributed by atoms with E-state index in [0.29, 0.717) is 11.8 Å². The predicted octanol–water partition coefficient (Wildman–Crippen LogP) is 6.21. The Hall–Kier alpha value is -1.60. The monoisotopic (exact) mass is 334 g/mol. The van der Waals surface area contributed by atoms with Crippen LogP contribution in [0.4, 0.5) is 0 Å². The zero-order chi connectivity index (χ0) is 17.4. The lowest BCUT2D eigenvalue weighted by molar-refractivity contribution is -0.0421. The van der Waals surface area contributed by atoms with Crippen molar-refractivity contribution in [3.63, 3.8) is 0 Å². The normalized spacial score (nSPS) is 29.2. The number of hydrogen-bond donors (Lipinski definition) is 0. The second-order valence-corrected chi connectivity index (χ2v) is 8.28. The Kier molecular flexibility index (Phi) is 4.45. The van der Waals surface area contributed by atoms with Crippen LogP contribution in [0, 0.1) is 20.8 Å². The van der Waals surface area contributed by atoms with Crippen molar-refractivity contribution in [2.45, 2.75) is 70.3 Å². The first-order valence-corrected chi connectivity index (χ1v) is 9.86. The molecule has 1 heteroatoms. The molecular formula is C24H30O. The van der Waals surface area contributed by atoms with Gasteiger partial charge in [0.1, 0.15) is 0 Å². The summed E-state index contributed by atoms with van der Waals surface area (Å²) >= 11 is 0. The van der Waals surface area contributed by atoms with E-state index in [9.17, 15) is 0 Å². The highest BCUT2D eigenvalue weighted by molar-refractivity contribution is 5.40. The van der Waals surface area contributed by atoms with Crippen molar-refractivity contribution in [3.05, 3.63) is 70.3 Å². The summed E-state index contributed by atoms with van der Waals surface area (Å²) in [5.41, 5.74) is 7.30. The standard InChI is InChI=1S/C24H30O/c1-17-13-18(2)19(3)22(14-17)21-15-24(25-16-21)12-8-7-11-23(24)20-9-5-4-6-10-20/h4-6,9-10,13-14,21,23H,7-8,11-12,15-16H2,1-3H3. The Balaban J connectivity index is 1.66. The molecule has 1 aliphatic heterocycles.